The van der Waals surface area contributed by atoms with Gasteiger partial charge in [-0.15, -0.1) is 0 Å². The van der Waals surface area contributed by atoms with Gasteiger partial charge in [0.25, 0.3) is 5.92 Å². The largest absolute Gasteiger partial charge is 0.474 e. The van der Waals surface area contributed by atoms with Crippen molar-refractivity contribution in [2.45, 2.75) is 167 Å². The van der Waals surface area contributed by atoms with Crippen LogP contribution in [0.1, 0.15) is 155 Å². The van der Waals surface area contributed by atoms with Gasteiger partial charge in [-0.1, -0.05) is 129 Å². The second-order valence-corrected chi connectivity index (χ2v) is 14.1. The summed E-state index contributed by atoms with van der Waals surface area (Å²) in [6.45, 7) is 4.41. The Morgan fingerprint density at radius 2 is 1.27 bits per heavy atom. The number of halogens is 2. The molecule has 0 radical (unpaired) electrons. The maximum atomic E-state index is 14.8. The molecule has 0 aliphatic carbocycles. The summed E-state index contributed by atoms with van der Waals surface area (Å²) in [4.78, 5) is 15.7. The molecular formula is C33H60F2N3O6P. The number of nitrogens with zero attached hydrogens (tertiary/aromatic N) is 2. The van der Waals surface area contributed by atoms with E-state index in [1.54, 1.807) is 0 Å². The van der Waals surface area contributed by atoms with E-state index in [-0.39, 0.29) is 19.0 Å². The van der Waals surface area contributed by atoms with Gasteiger partial charge in [0.05, 0.1) is 25.9 Å². The number of hydrogen-bond donors (Lipinski definition) is 1. The maximum absolute atomic E-state index is 14.8. The summed E-state index contributed by atoms with van der Waals surface area (Å²) in [7, 11) is -4.00. The van der Waals surface area contributed by atoms with Crippen LogP contribution in [0.3, 0.4) is 0 Å². The van der Waals surface area contributed by atoms with Gasteiger partial charge in [-0.3, -0.25) is 18.1 Å². The molecule has 12 heteroatoms. The summed E-state index contributed by atoms with van der Waals surface area (Å²) < 4.78 is 66.2. The lowest BCUT2D eigenvalue weighted by atomic mass is 10.1. The zero-order valence-electron chi connectivity index (χ0n) is 27.9. The number of hydrogen-bond acceptors (Lipinski definition) is 8. The second kappa shape index (κ2) is 23.0. The molecule has 0 amide bonds. The first-order valence-electron chi connectivity index (χ1n) is 17.6. The van der Waals surface area contributed by atoms with Crippen LogP contribution in [-0.4, -0.2) is 41.4 Å². The molecule has 2 heterocycles. The summed E-state index contributed by atoms with van der Waals surface area (Å²) in [5.41, 5.74) is 4.55. The zero-order chi connectivity index (χ0) is 32.8. The van der Waals surface area contributed by atoms with Crippen LogP contribution < -0.4 is 11.4 Å². The SMILES string of the molecule is CCCCCCCCCCCCOP(=O)(OCCCCCCCCCCCC)OC[C@H]1CC(F)(F)[C@H](n2ccc(N)nc2=O)O1. The lowest BCUT2D eigenvalue weighted by molar-refractivity contribution is -0.120. The van der Waals surface area contributed by atoms with E-state index < -0.39 is 44.8 Å². The van der Waals surface area contributed by atoms with Gasteiger partial charge in [0.15, 0.2) is 0 Å². The number of nitrogens with two attached hydrogens (primary N) is 1. The van der Waals surface area contributed by atoms with Crippen molar-refractivity contribution in [3.63, 3.8) is 0 Å². The van der Waals surface area contributed by atoms with Crippen molar-refractivity contribution in [2.24, 2.45) is 0 Å². The molecule has 9 nitrogen and oxygen atoms in total. The van der Waals surface area contributed by atoms with Crippen LogP contribution in [-0.2, 0) is 22.9 Å². The van der Waals surface area contributed by atoms with Crippen LogP contribution in [0.5, 0.6) is 0 Å². The van der Waals surface area contributed by atoms with E-state index in [0.717, 1.165) is 44.7 Å². The van der Waals surface area contributed by atoms with Gasteiger partial charge >= 0.3 is 13.5 Å². The smallest absolute Gasteiger partial charge is 0.383 e. The number of rotatable bonds is 28. The zero-order valence-corrected chi connectivity index (χ0v) is 28.8. The van der Waals surface area contributed by atoms with Crippen LogP contribution in [0, 0.1) is 0 Å². The molecule has 0 bridgehead atoms. The molecule has 2 atom stereocenters. The molecule has 1 aromatic heterocycles. The maximum Gasteiger partial charge on any atom is 0.474 e. The van der Waals surface area contributed by atoms with E-state index in [1.807, 2.05) is 0 Å². The molecule has 45 heavy (non-hydrogen) atoms. The summed E-state index contributed by atoms with van der Waals surface area (Å²) in [5.74, 6) is -3.44. The summed E-state index contributed by atoms with van der Waals surface area (Å²) in [6, 6.07) is 1.25. The van der Waals surface area contributed by atoms with Crippen LogP contribution in [0.4, 0.5) is 14.6 Å². The van der Waals surface area contributed by atoms with Crippen molar-refractivity contribution in [1.29, 1.82) is 0 Å². The number of aromatic nitrogens is 2. The topological polar surface area (TPSA) is 115 Å². The number of phosphoric ester groups is 1. The molecule has 1 aromatic rings. The molecule has 0 unspecified atom stereocenters. The third-order valence-corrected chi connectivity index (χ3v) is 9.66. The molecule has 262 valence electrons. The minimum atomic E-state index is -4.00. The molecule has 2 rings (SSSR count). The number of anilines is 1. The van der Waals surface area contributed by atoms with Crippen molar-refractivity contribution in [2.75, 3.05) is 25.6 Å². The predicted molar refractivity (Wildman–Crippen MR) is 176 cm³/mol. The molecule has 0 saturated carbocycles. The first kappa shape index (κ1) is 39.8. The first-order chi connectivity index (χ1) is 21.7. The van der Waals surface area contributed by atoms with Crippen molar-refractivity contribution in [3.8, 4) is 0 Å². The highest BCUT2D eigenvalue weighted by atomic mass is 31.2. The monoisotopic (exact) mass is 663 g/mol. The van der Waals surface area contributed by atoms with Gasteiger partial charge in [0, 0.05) is 12.6 Å². The highest BCUT2D eigenvalue weighted by molar-refractivity contribution is 7.48. The number of ether oxygens (including phenoxy) is 1. The summed E-state index contributed by atoms with van der Waals surface area (Å²) in [5, 5.41) is 0. The van der Waals surface area contributed by atoms with Crippen molar-refractivity contribution in [1.82, 2.24) is 9.55 Å². The fourth-order valence-electron chi connectivity index (χ4n) is 5.52. The lowest BCUT2D eigenvalue weighted by Gasteiger charge is -2.21. The van der Waals surface area contributed by atoms with E-state index in [0.29, 0.717) is 17.4 Å². The van der Waals surface area contributed by atoms with E-state index >= 15 is 0 Å². The summed E-state index contributed by atoms with van der Waals surface area (Å²) >= 11 is 0. The minimum Gasteiger partial charge on any atom is -0.383 e. The Labute approximate surface area is 269 Å². The molecule has 1 aliphatic rings. The number of unbranched alkanes of at least 4 members (excludes halogenated alkanes) is 18. The molecule has 0 aromatic carbocycles. The Balaban J connectivity index is 1.79. The number of alkyl halides is 2. The Morgan fingerprint density at radius 3 is 1.71 bits per heavy atom. The van der Waals surface area contributed by atoms with Gasteiger partial charge in [-0.25, -0.2) is 18.1 Å². The average molecular weight is 664 g/mol. The first-order valence-corrected chi connectivity index (χ1v) is 19.1. The van der Waals surface area contributed by atoms with Gasteiger partial charge in [0.1, 0.15) is 5.82 Å². The molecule has 1 aliphatic heterocycles. The number of nitrogen functional groups attached to an aromatic ring is 1. The van der Waals surface area contributed by atoms with Crippen molar-refractivity contribution in [3.05, 3.63) is 22.7 Å². The molecule has 2 N–H and O–H groups in total. The normalized spacial score (nSPS) is 18.1. The molecule has 0 spiro atoms. The predicted octanol–water partition coefficient (Wildman–Crippen LogP) is 9.75. The quantitative estimate of drug-likeness (QED) is 0.0696. The Bertz CT molecular complexity index is 985. The molecule has 1 fully saturated rings. The lowest BCUT2D eigenvalue weighted by Crippen LogP contribution is -2.35. The highest BCUT2D eigenvalue weighted by Gasteiger charge is 2.52. The Morgan fingerprint density at radius 1 is 0.822 bits per heavy atom. The van der Waals surface area contributed by atoms with E-state index in [4.69, 9.17) is 24.0 Å². The highest BCUT2D eigenvalue weighted by Crippen LogP contribution is 2.51. The fraction of sp³-hybridized carbons (Fsp3) is 0.879. The Hall–Kier alpha value is -1.39. The second-order valence-electron chi connectivity index (χ2n) is 12.4. The minimum absolute atomic E-state index is 0.0718. The van der Waals surface area contributed by atoms with Crippen molar-refractivity contribution >= 4 is 13.6 Å². The Kier molecular flexibility index (Phi) is 20.4. The van der Waals surface area contributed by atoms with Crippen LogP contribution in [0.2, 0.25) is 0 Å². The summed E-state index contributed by atoms with van der Waals surface area (Å²) in [6.07, 6.45) is 20.5. The third kappa shape index (κ3) is 16.8. The average Bonchev–Trinajstić information content (AvgIpc) is 3.31. The van der Waals surface area contributed by atoms with E-state index in [2.05, 4.69) is 18.8 Å². The fourth-order valence-corrected chi connectivity index (χ4v) is 6.80. The van der Waals surface area contributed by atoms with Gasteiger partial charge in [0.2, 0.25) is 6.23 Å². The van der Waals surface area contributed by atoms with Crippen LogP contribution in [0.15, 0.2) is 17.1 Å². The number of phosphoric acid groups is 1. The van der Waals surface area contributed by atoms with Crippen molar-refractivity contribution < 1.29 is 31.7 Å². The van der Waals surface area contributed by atoms with E-state index in [9.17, 15) is 18.1 Å². The van der Waals surface area contributed by atoms with Crippen LogP contribution >= 0.6 is 7.82 Å². The van der Waals surface area contributed by atoms with Gasteiger partial charge in [-0.05, 0) is 18.9 Å². The van der Waals surface area contributed by atoms with E-state index in [1.165, 1.54) is 83.1 Å². The molecular weight excluding hydrogens is 603 g/mol. The third-order valence-electron chi connectivity index (χ3n) is 8.20. The van der Waals surface area contributed by atoms with Gasteiger partial charge in [-0.2, -0.15) is 4.98 Å². The van der Waals surface area contributed by atoms with Gasteiger partial charge < -0.3 is 10.5 Å². The molecule has 1 saturated heterocycles. The standard InChI is InChI=1S/C33H60F2N3O6P/c1-3-5-7-9-11-13-15-17-19-21-25-41-45(40,42-26-22-20-18-16-14-12-10-8-6-4-2)43-28-29-27-33(34,35)31(44-29)38-24-23-30(36)37-32(38)39/h23-24,29,31H,3-22,25-28H2,1-2H3,(H2,36,37,39)/t29-,31-/m1/s1. The van der Waals surface area contributed by atoms with Crippen LogP contribution in [0.25, 0.3) is 0 Å².